The minimum atomic E-state index is -3.89. The van der Waals surface area contributed by atoms with Crippen LogP contribution in [0, 0.1) is 12.8 Å². The first-order valence-corrected chi connectivity index (χ1v) is 11.8. The zero-order valence-electron chi connectivity index (χ0n) is 15.9. The zero-order chi connectivity index (χ0) is 20.1. The molecule has 0 unspecified atom stereocenters. The van der Waals surface area contributed by atoms with E-state index in [9.17, 15) is 18.3 Å². The van der Waals surface area contributed by atoms with Crippen molar-refractivity contribution in [2.75, 3.05) is 9.46 Å². The Labute approximate surface area is 171 Å². The monoisotopic (exact) mass is 419 g/mol. The van der Waals surface area contributed by atoms with Crippen molar-refractivity contribution >= 4 is 33.6 Å². The number of carbonyl (C=O) groups is 1. The number of para-hydroxylation sites is 1. The second-order valence-electron chi connectivity index (χ2n) is 7.15. The fraction of sp³-hybridized carbons (Fsp3) is 0.381. The Kier molecular flexibility index (Phi) is 6.67. The van der Waals surface area contributed by atoms with Gasteiger partial charge >= 0.3 is 5.97 Å². The van der Waals surface area contributed by atoms with E-state index in [1.54, 1.807) is 37.3 Å². The fourth-order valence-electron chi connectivity index (χ4n) is 3.45. The number of benzene rings is 2. The standard InChI is InChI=1S/C21H25NO4S2/c1-16-12-13-19(14-20(16)21(23)24)28(25,26)22(18-10-6-3-7-11-18)27-15-17-8-4-2-5-9-17/h3,6-7,10-14,17H,2,4-5,8-9,15H2,1H3,(H,23,24). The van der Waals surface area contributed by atoms with Gasteiger partial charge in [-0.05, 0) is 67.5 Å². The third-order valence-electron chi connectivity index (χ3n) is 5.07. The highest BCUT2D eigenvalue weighted by Crippen LogP contribution is 2.35. The summed E-state index contributed by atoms with van der Waals surface area (Å²) in [6, 6.07) is 13.3. The van der Waals surface area contributed by atoms with E-state index in [2.05, 4.69) is 0 Å². The summed E-state index contributed by atoms with van der Waals surface area (Å²) in [7, 11) is -3.89. The van der Waals surface area contributed by atoms with Crippen LogP contribution in [0.15, 0.2) is 53.4 Å². The number of carboxylic acids is 1. The molecule has 1 fully saturated rings. The molecule has 0 amide bonds. The first-order valence-electron chi connectivity index (χ1n) is 9.47. The third kappa shape index (κ3) is 4.70. The van der Waals surface area contributed by atoms with Gasteiger partial charge in [0.2, 0.25) is 0 Å². The van der Waals surface area contributed by atoms with Gasteiger partial charge in [0, 0.05) is 5.75 Å². The Balaban J connectivity index is 1.94. The summed E-state index contributed by atoms with van der Waals surface area (Å²) in [5.74, 6) is 0.106. The minimum absolute atomic E-state index is 0.00417. The maximum atomic E-state index is 13.4. The SMILES string of the molecule is Cc1ccc(S(=O)(=O)N(SCC2CCCCC2)c2ccccc2)cc1C(=O)O. The van der Waals surface area contributed by atoms with E-state index in [-0.39, 0.29) is 10.5 Å². The van der Waals surface area contributed by atoms with Crippen molar-refractivity contribution in [2.45, 2.75) is 43.9 Å². The molecule has 0 heterocycles. The van der Waals surface area contributed by atoms with Crippen LogP contribution < -0.4 is 3.71 Å². The molecule has 3 rings (SSSR count). The molecule has 1 aliphatic carbocycles. The Hall–Kier alpha value is -1.99. The van der Waals surface area contributed by atoms with E-state index < -0.39 is 16.0 Å². The van der Waals surface area contributed by atoms with Crippen LogP contribution >= 0.6 is 11.9 Å². The number of anilines is 1. The lowest BCUT2D eigenvalue weighted by atomic mass is 9.91. The third-order valence-corrected chi connectivity index (χ3v) is 8.54. The molecule has 0 atom stereocenters. The smallest absolute Gasteiger partial charge is 0.335 e. The lowest BCUT2D eigenvalue weighted by Gasteiger charge is -2.27. The van der Waals surface area contributed by atoms with Crippen molar-refractivity contribution in [3.05, 3.63) is 59.7 Å². The van der Waals surface area contributed by atoms with Crippen LogP contribution in [0.3, 0.4) is 0 Å². The van der Waals surface area contributed by atoms with Crippen LogP contribution in [0.25, 0.3) is 0 Å². The molecule has 2 aromatic rings. The summed E-state index contributed by atoms with van der Waals surface area (Å²) < 4.78 is 28.2. The molecule has 0 aliphatic heterocycles. The maximum Gasteiger partial charge on any atom is 0.335 e. The van der Waals surface area contributed by atoms with Gasteiger partial charge in [-0.15, -0.1) is 0 Å². The first-order chi connectivity index (χ1) is 13.4. The normalized spacial score (nSPS) is 15.3. The van der Waals surface area contributed by atoms with Crippen molar-refractivity contribution < 1.29 is 18.3 Å². The second kappa shape index (κ2) is 9.01. The Morgan fingerprint density at radius 2 is 1.79 bits per heavy atom. The number of rotatable bonds is 7. The predicted octanol–water partition coefficient (Wildman–Crippen LogP) is 5.12. The van der Waals surface area contributed by atoms with Gasteiger partial charge in [0.1, 0.15) is 0 Å². The second-order valence-corrected chi connectivity index (χ2v) is 10.1. The minimum Gasteiger partial charge on any atom is -0.478 e. The van der Waals surface area contributed by atoms with E-state index in [4.69, 9.17) is 0 Å². The molecule has 28 heavy (non-hydrogen) atoms. The summed E-state index contributed by atoms with van der Waals surface area (Å²) in [5, 5.41) is 9.37. The van der Waals surface area contributed by atoms with Crippen molar-refractivity contribution in [3.63, 3.8) is 0 Å². The average Bonchev–Trinajstić information content (AvgIpc) is 2.69. The number of aryl methyl sites for hydroxylation is 1. The van der Waals surface area contributed by atoms with Gasteiger partial charge in [0.25, 0.3) is 10.0 Å². The largest absolute Gasteiger partial charge is 0.478 e. The number of nitrogens with zero attached hydrogens (tertiary/aromatic N) is 1. The highest BCUT2D eigenvalue weighted by Gasteiger charge is 2.28. The van der Waals surface area contributed by atoms with Crippen LogP contribution in [-0.4, -0.2) is 25.2 Å². The molecule has 7 heteroatoms. The van der Waals surface area contributed by atoms with Gasteiger partial charge < -0.3 is 5.11 Å². The Bertz CT molecular complexity index is 923. The van der Waals surface area contributed by atoms with Crippen LogP contribution in [0.1, 0.15) is 48.0 Å². The molecule has 0 bridgehead atoms. The molecule has 5 nitrogen and oxygen atoms in total. The first kappa shape index (κ1) is 20.7. The van der Waals surface area contributed by atoms with E-state index in [0.717, 1.165) is 18.6 Å². The predicted molar refractivity (Wildman–Crippen MR) is 113 cm³/mol. The summed E-state index contributed by atoms with van der Waals surface area (Å²) >= 11 is 1.30. The summed E-state index contributed by atoms with van der Waals surface area (Å²) in [5.41, 5.74) is 1.11. The van der Waals surface area contributed by atoms with Gasteiger partial charge in [0.15, 0.2) is 0 Å². The van der Waals surface area contributed by atoms with E-state index in [0.29, 0.717) is 17.2 Å². The van der Waals surface area contributed by atoms with Crippen LogP contribution in [-0.2, 0) is 10.0 Å². The molecule has 0 radical (unpaired) electrons. The fourth-order valence-corrected chi connectivity index (χ4v) is 6.49. The topological polar surface area (TPSA) is 74.7 Å². The number of hydrogen-bond donors (Lipinski definition) is 1. The molecule has 150 valence electrons. The number of sulfonamides is 1. The molecular formula is C21H25NO4S2. The van der Waals surface area contributed by atoms with E-state index >= 15 is 0 Å². The van der Waals surface area contributed by atoms with Crippen molar-refractivity contribution in [1.82, 2.24) is 0 Å². The van der Waals surface area contributed by atoms with Gasteiger partial charge in [-0.25, -0.2) is 16.9 Å². The molecule has 1 aliphatic rings. The van der Waals surface area contributed by atoms with Crippen molar-refractivity contribution in [3.8, 4) is 0 Å². The summed E-state index contributed by atoms with van der Waals surface area (Å²) in [6.07, 6.45) is 5.91. The van der Waals surface area contributed by atoms with Crippen LogP contribution in [0.5, 0.6) is 0 Å². The number of aromatic carboxylic acids is 1. The number of carboxylic acid groups (broad SMARTS) is 1. The van der Waals surface area contributed by atoms with Gasteiger partial charge in [0.05, 0.1) is 16.1 Å². The molecule has 0 aromatic heterocycles. The quantitative estimate of drug-likeness (QED) is 0.631. The summed E-state index contributed by atoms with van der Waals surface area (Å²) in [4.78, 5) is 11.5. The average molecular weight is 420 g/mol. The number of hydrogen-bond acceptors (Lipinski definition) is 4. The molecular weight excluding hydrogens is 394 g/mol. The van der Waals surface area contributed by atoms with Crippen LogP contribution in [0.2, 0.25) is 0 Å². The van der Waals surface area contributed by atoms with Crippen molar-refractivity contribution in [1.29, 1.82) is 0 Å². The van der Waals surface area contributed by atoms with E-state index in [1.807, 2.05) is 6.07 Å². The highest BCUT2D eigenvalue weighted by molar-refractivity contribution is 8.14. The highest BCUT2D eigenvalue weighted by atomic mass is 32.3. The molecule has 1 N–H and O–H groups in total. The molecule has 0 saturated heterocycles. The Morgan fingerprint density at radius 3 is 2.43 bits per heavy atom. The molecule has 2 aromatic carbocycles. The maximum absolute atomic E-state index is 13.4. The van der Waals surface area contributed by atoms with Crippen molar-refractivity contribution in [2.24, 2.45) is 5.92 Å². The Morgan fingerprint density at radius 1 is 1.11 bits per heavy atom. The van der Waals surface area contributed by atoms with Gasteiger partial charge in [-0.2, -0.15) is 0 Å². The lowest BCUT2D eigenvalue weighted by Crippen LogP contribution is -2.26. The zero-order valence-corrected chi connectivity index (χ0v) is 17.5. The lowest BCUT2D eigenvalue weighted by molar-refractivity contribution is 0.0696. The summed E-state index contributed by atoms with van der Waals surface area (Å²) in [6.45, 7) is 1.66. The van der Waals surface area contributed by atoms with E-state index in [1.165, 1.54) is 47.1 Å². The molecule has 0 spiro atoms. The van der Waals surface area contributed by atoms with Gasteiger partial charge in [-0.1, -0.05) is 43.5 Å². The van der Waals surface area contributed by atoms with Gasteiger partial charge in [-0.3, -0.25) is 0 Å². The van der Waals surface area contributed by atoms with Crippen LogP contribution in [0.4, 0.5) is 5.69 Å². The molecule has 1 saturated carbocycles.